The smallest absolute Gasteiger partial charge is 0.0599 e. The zero-order valence-corrected chi connectivity index (χ0v) is 7.74. The quantitative estimate of drug-likeness (QED) is 0.584. The second-order valence-electron chi connectivity index (χ2n) is 5.34. The Balaban J connectivity index is 1.93. The van der Waals surface area contributed by atoms with Crippen molar-refractivity contribution in [1.29, 1.82) is 0 Å². The van der Waals surface area contributed by atoms with Gasteiger partial charge in [-0.3, -0.25) is 0 Å². The molecule has 0 spiro atoms. The van der Waals surface area contributed by atoms with E-state index in [0.29, 0.717) is 11.8 Å². The van der Waals surface area contributed by atoms with Crippen LogP contribution in [0.1, 0.15) is 32.6 Å². The summed E-state index contributed by atoms with van der Waals surface area (Å²) in [6.45, 7) is 2.36. The van der Waals surface area contributed by atoms with Crippen molar-refractivity contribution < 1.29 is 5.11 Å². The van der Waals surface area contributed by atoms with Crippen LogP contribution in [0.25, 0.3) is 0 Å². The van der Waals surface area contributed by atoms with E-state index in [1.165, 1.54) is 25.7 Å². The highest BCUT2D eigenvalue weighted by molar-refractivity contribution is 5.01. The Hall–Kier alpha value is -0.0400. The van der Waals surface area contributed by atoms with Crippen LogP contribution in [0, 0.1) is 29.6 Å². The molecule has 4 fully saturated rings. The SMILES string of the molecule is C[C@@H]1[C@@H]2CC3C[C@@H](C2)[C@H](O)[C@@H]1C3. The summed E-state index contributed by atoms with van der Waals surface area (Å²) in [5.74, 6) is 4.12. The zero-order chi connectivity index (χ0) is 8.29. The molecule has 6 atom stereocenters. The lowest BCUT2D eigenvalue weighted by atomic mass is 9.51. The first-order valence-electron chi connectivity index (χ1n) is 5.43. The maximum atomic E-state index is 10.00. The first kappa shape index (κ1) is 7.37. The molecule has 12 heavy (non-hydrogen) atoms. The third kappa shape index (κ3) is 0.783. The van der Waals surface area contributed by atoms with E-state index in [1.807, 2.05) is 0 Å². The highest BCUT2D eigenvalue weighted by Crippen LogP contribution is 2.56. The fourth-order valence-corrected chi connectivity index (χ4v) is 4.18. The standard InChI is InChI=1S/C11H18O/c1-6-8-2-7-3-9(5-8)11(12)10(6)4-7/h6-12H,2-5H2,1H3/t6-,7?,8-,9+,10-,11+/m1/s1. The van der Waals surface area contributed by atoms with Gasteiger partial charge in [0, 0.05) is 0 Å². The highest BCUT2D eigenvalue weighted by Gasteiger charge is 2.51. The largest absolute Gasteiger partial charge is 0.393 e. The molecule has 4 rings (SSSR count). The summed E-state index contributed by atoms with van der Waals surface area (Å²) in [5.41, 5.74) is 0. The molecule has 1 nitrogen and oxygen atoms in total. The van der Waals surface area contributed by atoms with Crippen LogP contribution in [0.15, 0.2) is 0 Å². The number of aliphatic hydroxyl groups is 1. The molecule has 4 aliphatic rings. The predicted molar refractivity (Wildman–Crippen MR) is 47.6 cm³/mol. The van der Waals surface area contributed by atoms with Crippen LogP contribution in [0.3, 0.4) is 0 Å². The van der Waals surface area contributed by atoms with E-state index in [9.17, 15) is 5.11 Å². The molecule has 0 amide bonds. The third-order valence-electron chi connectivity index (χ3n) is 4.82. The van der Waals surface area contributed by atoms with Gasteiger partial charge in [-0.05, 0) is 55.3 Å². The van der Waals surface area contributed by atoms with Crippen LogP contribution >= 0.6 is 0 Å². The van der Waals surface area contributed by atoms with Crippen molar-refractivity contribution in [2.75, 3.05) is 0 Å². The molecule has 0 aromatic heterocycles. The van der Waals surface area contributed by atoms with Gasteiger partial charge in [0.1, 0.15) is 0 Å². The number of rotatable bonds is 0. The summed E-state index contributed by atoms with van der Waals surface area (Å²) in [6.07, 6.45) is 5.53. The topological polar surface area (TPSA) is 20.2 Å². The van der Waals surface area contributed by atoms with Gasteiger partial charge in [-0.2, -0.15) is 0 Å². The molecule has 1 N–H and O–H groups in total. The van der Waals surface area contributed by atoms with E-state index in [-0.39, 0.29) is 6.10 Å². The maximum Gasteiger partial charge on any atom is 0.0599 e. The normalized spacial score (nSPS) is 62.5. The van der Waals surface area contributed by atoms with Crippen molar-refractivity contribution in [3.05, 3.63) is 0 Å². The van der Waals surface area contributed by atoms with Crippen molar-refractivity contribution in [2.24, 2.45) is 29.6 Å². The van der Waals surface area contributed by atoms with E-state index < -0.39 is 0 Å². The van der Waals surface area contributed by atoms with Crippen LogP contribution in [-0.2, 0) is 0 Å². The molecule has 4 aliphatic carbocycles. The molecule has 68 valence electrons. The van der Waals surface area contributed by atoms with E-state index in [4.69, 9.17) is 0 Å². The molecule has 4 saturated carbocycles. The fourth-order valence-electron chi connectivity index (χ4n) is 4.18. The minimum Gasteiger partial charge on any atom is -0.393 e. The highest BCUT2D eigenvalue weighted by atomic mass is 16.3. The van der Waals surface area contributed by atoms with Crippen molar-refractivity contribution >= 4 is 0 Å². The molecular formula is C11H18O. The maximum absolute atomic E-state index is 10.00. The van der Waals surface area contributed by atoms with Gasteiger partial charge in [0.25, 0.3) is 0 Å². The van der Waals surface area contributed by atoms with Gasteiger partial charge in [-0.15, -0.1) is 0 Å². The first-order valence-corrected chi connectivity index (χ1v) is 5.43. The fraction of sp³-hybridized carbons (Fsp3) is 1.00. The summed E-state index contributed by atoms with van der Waals surface area (Å²) >= 11 is 0. The van der Waals surface area contributed by atoms with E-state index >= 15 is 0 Å². The monoisotopic (exact) mass is 166 g/mol. The molecule has 0 aliphatic heterocycles. The van der Waals surface area contributed by atoms with Gasteiger partial charge >= 0.3 is 0 Å². The Morgan fingerprint density at radius 2 is 1.75 bits per heavy atom. The summed E-state index contributed by atoms with van der Waals surface area (Å²) in [6, 6.07) is 0. The minimum absolute atomic E-state index is 0.0628. The summed E-state index contributed by atoms with van der Waals surface area (Å²) in [5, 5.41) is 10.00. The lowest BCUT2D eigenvalue weighted by molar-refractivity contribution is -0.124. The lowest BCUT2D eigenvalue weighted by Gasteiger charge is -2.56. The van der Waals surface area contributed by atoms with E-state index in [0.717, 1.165) is 17.8 Å². The van der Waals surface area contributed by atoms with Crippen LogP contribution in [0.4, 0.5) is 0 Å². The zero-order valence-electron chi connectivity index (χ0n) is 7.74. The van der Waals surface area contributed by atoms with Crippen LogP contribution in [0.2, 0.25) is 0 Å². The third-order valence-corrected chi connectivity index (χ3v) is 4.82. The summed E-state index contributed by atoms with van der Waals surface area (Å²) in [4.78, 5) is 0. The molecule has 0 aromatic carbocycles. The Morgan fingerprint density at radius 3 is 2.58 bits per heavy atom. The molecule has 1 heteroatoms. The Bertz CT molecular complexity index is 183. The van der Waals surface area contributed by atoms with Crippen LogP contribution in [-0.4, -0.2) is 11.2 Å². The van der Waals surface area contributed by atoms with Gasteiger partial charge < -0.3 is 5.11 Å². The first-order chi connectivity index (χ1) is 5.75. The average Bonchev–Trinajstić information content (AvgIpc) is 2.07. The lowest BCUT2D eigenvalue weighted by Crippen LogP contribution is -2.52. The Morgan fingerprint density at radius 1 is 1.00 bits per heavy atom. The molecular weight excluding hydrogens is 148 g/mol. The summed E-state index contributed by atoms with van der Waals surface area (Å²) < 4.78 is 0. The Labute approximate surface area is 74.2 Å². The molecule has 0 heterocycles. The van der Waals surface area contributed by atoms with Gasteiger partial charge in [-0.1, -0.05) is 6.92 Å². The number of aliphatic hydroxyl groups excluding tert-OH is 1. The minimum atomic E-state index is 0.0628. The van der Waals surface area contributed by atoms with Crippen molar-refractivity contribution in [1.82, 2.24) is 0 Å². The predicted octanol–water partition coefficient (Wildman–Crippen LogP) is 2.05. The molecule has 0 radical (unpaired) electrons. The Kier molecular flexibility index (Phi) is 1.39. The molecule has 0 saturated heterocycles. The second-order valence-corrected chi connectivity index (χ2v) is 5.34. The van der Waals surface area contributed by atoms with E-state index in [2.05, 4.69) is 6.92 Å². The number of hydrogen-bond donors (Lipinski definition) is 1. The average molecular weight is 166 g/mol. The van der Waals surface area contributed by atoms with Crippen molar-refractivity contribution in [2.45, 2.75) is 38.7 Å². The van der Waals surface area contributed by atoms with Crippen molar-refractivity contribution in [3.8, 4) is 0 Å². The number of hydrogen-bond acceptors (Lipinski definition) is 1. The molecule has 0 aromatic rings. The van der Waals surface area contributed by atoms with E-state index in [1.54, 1.807) is 0 Å². The van der Waals surface area contributed by atoms with Gasteiger partial charge in [0.15, 0.2) is 0 Å². The van der Waals surface area contributed by atoms with Gasteiger partial charge in [0.2, 0.25) is 0 Å². The van der Waals surface area contributed by atoms with Gasteiger partial charge in [0.05, 0.1) is 6.10 Å². The summed E-state index contributed by atoms with van der Waals surface area (Å²) in [7, 11) is 0. The van der Waals surface area contributed by atoms with Crippen LogP contribution < -0.4 is 0 Å². The molecule has 4 bridgehead atoms. The van der Waals surface area contributed by atoms with Crippen molar-refractivity contribution in [3.63, 3.8) is 0 Å². The van der Waals surface area contributed by atoms with Gasteiger partial charge in [-0.25, -0.2) is 0 Å². The second kappa shape index (κ2) is 2.25. The van der Waals surface area contributed by atoms with Crippen LogP contribution in [0.5, 0.6) is 0 Å². The molecule has 1 unspecified atom stereocenters.